The summed E-state index contributed by atoms with van der Waals surface area (Å²) in [7, 11) is 0. The molecule has 0 aliphatic carbocycles. The first-order chi connectivity index (χ1) is 13.9. The van der Waals surface area contributed by atoms with E-state index in [-0.39, 0.29) is 23.2 Å². The van der Waals surface area contributed by atoms with Crippen molar-refractivity contribution < 1.29 is 14.5 Å². The molecule has 1 aromatic heterocycles. The van der Waals surface area contributed by atoms with Gasteiger partial charge >= 0.3 is 0 Å². The maximum Gasteiger partial charge on any atom is 0.270 e. The van der Waals surface area contributed by atoms with Gasteiger partial charge in [-0.2, -0.15) is 5.26 Å². The van der Waals surface area contributed by atoms with Crippen LogP contribution in [0.2, 0.25) is 0 Å². The summed E-state index contributed by atoms with van der Waals surface area (Å²) < 4.78 is 1.20. The van der Waals surface area contributed by atoms with Gasteiger partial charge in [0, 0.05) is 23.3 Å². The van der Waals surface area contributed by atoms with E-state index in [9.17, 15) is 25.0 Å². The van der Waals surface area contributed by atoms with E-state index in [2.05, 4.69) is 10.3 Å². The highest BCUT2D eigenvalue weighted by atomic mass is 16.6. The summed E-state index contributed by atoms with van der Waals surface area (Å²) in [6.07, 6.45) is 1.72. The summed E-state index contributed by atoms with van der Waals surface area (Å²) in [6, 6.07) is 11.6. The van der Waals surface area contributed by atoms with Crippen molar-refractivity contribution in [1.82, 2.24) is 20.3 Å². The maximum absolute atomic E-state index is 12.5. The van der Waals surface area contributed by atoms with Gasteiger partial charge < -0.3 is 0 Å². The van der Waals surface area contributed by atoms with Crippen LogP contribution < -0.4 is 5.32 Å². The number of nitro groups is 1. The van der Waals surface area contributed by atoms with Gasteiger partial charge in [0.05, 0.1) is 22.8 Å². The van der Waals surface area contributed by atoms with Gasteiger partial charge in [0.25, 0.3) is 11.6 Å². The fraction of sp³-hybridized carbons (Fsp3) is 0.105. The lowest BCUT2D eigenvalue weighted by atomic mass is 9.99. The molecule has 2 aromatic carbocycles. The number of nitrogens with zero attached hydrogens (tertiary/aromatic N) is 5. The molecule has 0 aliphatic rings. The highest BCUT2D eigenvalue weighted by molar-refractivity contribution is 5.91. The minimum absolute atomic E-state index is 0.0855. The molecule has 1 unspecified atom stereocenters. The summed E-state index contributed by atoms with van der Waals surface area (Å²) in [6.45, 7) is 1.94. The molecule has 3 rings (SSSR count). The summed E-state index contributed by atoms with van der Waals surface area (Å²) >= 11 is 0. The largest absolute Gasteiger partial charge is 0.297 e. The molecule has 0 saturated carbocycles. The van der Waals surface area contributed by atoms with E-state index in [0.717, 1.165) is 17.2 Å². The third-order valence-corrected chi connectivity index (χ3v) is 4.23. The number of benzene rings is 2. The number of aromatic nitrogens is 3. The third kappa shape index (κ3) is 3.98. The molecule has 10 heteroatoms. The molecule has 0 saturated heterocycles. The van der Waals surface area contributed by atoms with Gasteiger partial charge in [-0.3, -0.25) is 25.0 Å². The number of imide groups is 1. The first-order valence-corrected chi connectivity index (χ1v) is 8.36. The number of carbonyl (C=O) groups excluding carboxylic acids is 2. The predicted molar refractivity (Wildman–Crippen MR) is 100 cm³/mol. The summed E-state index contributed by atoms with van der Waals surface area (Å²) in [4.78, 5) is 33.7. The van der Waals surface area contributed by atoms with Gasteiger partial charge in [-0.1, -0.05) is 35.0 Å². The SMILES string of the molecule is Cc1ccc(-c2cn(C(C(=O)NC=O)c3ccc([N+](=O)[O-])cc3C#N)nn2)cc1. The predicted octanol–water partition coefficient (Wildman–Crippen LogP) is 1.90. The van der Waals surface area contributed by atoms with Crippen molar-refractivity contribution in [2.75, 3.05) is 0 Å². The zero-order valence-electron chi connectivity index (χ0n) is 15.1. The van der Waals surface area contributed by atoms with Crippen LogP contribution in [0.4, 0.5) is 5.69 Å². The second-order valence-corrected chi connectivity index (χ2v) is 6.12. The van der Waals surface area contributed by atoms with Crippen molar-refractivity contribution in [1.29, 1.82) is 5.26 Å². The lowest BCUT2D eigenvalue weighted by Gasteiger charge is -2.16. The molecule has 1 N–H and O–H groups in total. The lowest BCUT2D eigenvalue weighted by molar-refractivity contribution is -0.384. The normalized spacial score (nSPS) is 11.3. The number of carbonyl (C=O) groups is 2. The number of rotatable bonds is 6. The monoisotopic (exact) mass is 390 g/mol. The first kappa shape index (κ1) is 19.4. The molecule has 1 atom stereocenters. The Morgan fingerprint density at radius 3 is 2.66 bits per heavy atom. The molecule has 144 valence electrons. The molecule has 0 bridgehead atoms. The van der Waals surface area contributed by atoms with Gasteiger partial charge in [-0.15, -0.1) is 5.10 Å². The fourth-order valence-corrected chi connectivity index (χ4v) is 2.79. The minimum atomic E-state index is -1.22. The van der Waals surface area contributed by atoms with Gasteiger partial charge in [0.15, 0.2) is 6.04 Å². The number of non-ortho nitro benzene ring substituents is 1. The highest BCUT2D eigenvalue weighted by Crippen LogP contribution is 2.27. The lowest BCUT2D eigenvalue weighted by Crippen LogP contribution is -2.33. The van der Waals surface area contributed by atoms with Crippen LogP contribution in [-0.4, -0.2) is 32.2 Å². The number of aryl methyl sites for hydroxylation is 1. The molecule has 2 amide bonds. The Morgan fingerprint density at radius 2 is 2.03 bits per heavy atom. The second kappa shape index (κ2) is 8.10. The van der Waals surface area contributed by atoms with E-state index in [0.29, 0.717) is 5.69 Å². The van der Waals surface area contributed by atoms with Crippen molar-refractivity contribution in [3.63, 3.8) is 0 Å². The first-order valence-electron chi connectivity index (χ1n) is 8.36. The minimum Gasteiger partial charge on any atom is -0.297 e. The molecule has 0 aliphatic heterocycles. The van der Waals surface area contributed by atoms with Crippen LogP contribution in [-0.2, 0) is 9.59 Å². The van der Waals surface area contributed by atoms with Gasteiger partial charge in [-0.05, 0) is 13.0 Å². The zero-order chi connectivity index (χ0) is 21.0. The molecule has 0 spiro atoms. The van der Waals surface area contributed by atoms with Crippen LogP contribution in [0.15, 0.2) is 48.7 Å². The van der Waals surface area contributed by atoms with E-state index in [1.54, 1.807) is 0 Å². The van der Waals surface area contributed by atoms with Gasteiger partial charge in [-0.25, -0.2) is 4.68 Å². The zero-order valence-corrected chi connectivity index (χ0v) is 15.1. The smallest absolute Gasteiger partial charge is 0.270 e. The molecule has 3 aromatic rings. The molecule has 0 fully saturated rings. The molecular weight excluding hydrogens is 376 g/mol. The van der Waals surface area contributed by atoms with Crippen molar-refractivity contribution in [3.05, 3.63) is 75.5 Å². The molecule has 0 radical (unpaired) electrons. The molecule has 1 heterocycles. The maximum atomic E-state index is 12.5. The third-order valence-electron chi connectivity index (χ3n) is 4.23. The van der Waals surface area contributed by atoms with Crippen LogP contribution in [0, 0.1) is 28.4 Å². The quantitative estimate of drug-likeness (QED) is 0.384. The van der Waals surface area contributed by atoms with Crippen molar-refractivity contribution in [2.24, 2.45) is 0 Å². The Kier molecular flexibility index (Phi) is 5.41. The van der Waals surface area contributed by atoms with E-state index in [1.165, 1.54) is 23.0 Å². The van der Waals surface area contributed by atoms with E-state index in [4.69, 9.17) is 0 Å². The number of nitrogens with one attached hydrogen (secondary N) is 1. The van der Waals surface area contributed by atoms with Crippen molar-refractivity contribution >= 4 is 18.0 Å². The van der Waals surface area contributed by atoms with Crippen LogP contribution >= 0.6 is 0 Å². The van der Waals surface area contributed by atoms with Crippen LogP contribution in [0.3, 0.4) is 0 Å². The van der Waals surface area contributed by atoms with Gasteiger partial charge in [0.2, 0.25) is 6.41 Å². The average Bonchev–Trinajstić information content (AvgIpc) is 3.18. The fourth-order valence-electron chi connectivity index (χ4n) is 2.79. The molecular formula is C19H14N6O4. The Morgan fingerprint density at radius 1 is 1.31 bits per heavy atom. The van der Waals surface area contributed by atoms with Crippen LogP contribution in [0.25, 0.3) is 11.3 Å². The Labute approximate surface area is 164 Å². The Bertz CT molecular complexity index is 1130. The van der Waals surface area contributed by atoms with E-state index < -0.39 is 16.9 Å². The number of nitriles is 1. The number of nitro benzene ring substituents is 1. The summed E-state index contributed by atoms with van der Waals surface area (Å²) in [5.41, 5.74) is 2.08. The van der Waals surface area contributed by atoms with E-state index >= 15 is 0 Å². The topological polar surface area (TPSA) is 144 Å². The van der Waals surface area contributed by atoms with Crippen molar-refractivity contribution in [3.8, 4) is 17.3 Å². The van der Waals surface area contributed by atoms with Crippen molar-refractivity contribution in [2.45, 2.75) is 13.0 Å². The Balaban J connectivity index is 2.09. The summed E-state index contributed by atoms with van der Waals surface area (Å²) in [5.74, 6) is -0.759. The van der Waals surface area contributed by atoms with E-state index in [1.807, 2.05) is 42.6 Å². The molecule has 10 nitrogen and oxygen atoms in total. The second-order valence-electron chi connectivity index (χ2n) is 6.12. The number of hydrogen-bond donors (Lipinski definition) is 1. The van der Waals surface area contributed by atoms with Crippen LogP contribution in [0.1, 0.15) is 22.7 Å². The highest BCUT2D eigenvalue weighted by Gasteiger charge is 2.28. The number of hydrogen-bond acceptors (Lipinski definition) is 7. The Hall–Kier alpha value is -4.39. The number of amides is 2. The van der Waals surface area contributed by atoms with Crippen LogP contribution in [0.5, 0.6) is 0 Å². The molecule has 29 heavy (non-hydrogen) atoms. The van der Waals surface area contributed by atoms with Gasteiger partial charge in [0.1, 0.15) is 5.69 Å². The standard InChI is InChI=1S/C19H14N6O4/c1-12-2-4-13(5-3-12)17-10-24(23-22-17)18(19(27)21-11-26)16-7-6-15(25(28)29)8-14(16)9-20/h2-8,10-11,18H,1H3,(H,21,26,27). The average molecular weight is 390 g/mol. The summed E-state index contributed by atoms with van der Waals surface area (Å²) in [5, 5.41) is 30.5.